The van der Waals surface area contributed by atoms with Crippen LogP contribution in [0.5, 0.6) is 0 Å². The van der Waals surface area contributed by atoms with Gasteiger partial charge in [0.1, 0.15) is 12.1 Å². The van der Waals surface area contributed by atoms with Gasteiger partial charge < -0.3 is 4.90 Å². The first kappa shape index (κ1) is 11.3. The quantitative estimate of drug-likeness (QED) is 0.752. The van der Waals surface area contributed by atoms with Crippen molar-refractivity contribution in [2.75, 3.05) is 11.9 Å². The average Bonchev–Trinajstić information content (AvgIpc) is 2.39. The van der Waals surface area contributed by atoms with Crippen LogP contribution in [0.25, 0.3) is 0 Å². The summed E-state index contributed by atoms with van der Waals surface area (Å²) in [5, 5.41) is 0. The third-order valence-corrected chi connectivity index (χ3v) is 2.63. The molecule has 0 N–H and O–H groups in total. The Morgan fingerprint density at radius 1 is 1.06 bits per heavy atom. The van der Waals surface area contributed by atoms with E-state index >= 15 is 0 Å². The number of anilines is 2. The van der Waals surface area contributed by atoms with Gasteiger partial charge in [-0.05, 0) is 36.4 Å². The second-order valence-electron chi connectivity index (χ2n) is 3.72. The Balaban J connectivity index is 2.33. The van der Waals surface area contributed by atoms with Gasteiger partial charge in [-0.25, -0.2) is 4.39 Å². The van der Waals surface area contributed by atoms with E-state index in [4.69, 9.17) is 0 Å². The lowest BCUT2D eigenvalue weighted by molar-refractivity contribution is 0.112. The van der Waals surface area contributed by atoms with Crippen LogP contribution in [0.2, 0.25) is 0 Å². The number of para-hydroxylation sites is 1. The molecule has 0 saturated heterocycles. The normalized spacial score (nSPS) is 10.0. The molecule has 0 heterocycles. The van der Waals surface area contributed by atoms with Crippen molar-refractivity contribution in [2.24, 2.45) is 0 Å². The molecule has 17 heavy (non-hydrogen) atoms. The maximum Gasteiger partial charge on any atom is 0.150 e. The van der Waals surface area contributed by atoms with Crippen LogP contribution in [0.1, 0.15) is 10.4 Å². The Bertz CT molecular complexity index is 522. The number of hydrogen-bond donors (Lipinski definition) is 0. The summed E-state index contributed by atoms with van der Waals surface area (Å²) in [6.45, 7) is 0. The summed E-state index contributed by atoms with van der Waals surface area (Å²) in [5.74, 6) is -0.269. The minimum absolute atomic E-state index is 0.269. The fraction of sp³-hybridized carbons (Fsp3) is 0.0714. The van der Waals surface area contributed by atoms with Crippen molar-refractivity contribution in [3.8, 4) is 0 Å². The zero-order valence-electron chi connectivity index (χ0n) is 9.43. The lowest BCUT2D eigenvalue weighted by atomic mass is 10.2. The van der Waals surface area contributed by atoms with Crippen LogP contribution in [0.15, 0.2) is 48.5 Å². The third-order valence-electron chi connectivity index (χ3n) is 2.63. The smallest absolute Gasteiger partial charge is 0.150 e. The first-order valence-electron chi connectivity index (χ1n) is 5.26. The summed E-state index contributed by atoms with van der Waals surface area (Å²) in [6.07, 6.45) is 0.785. The molecule has 0 unspecified atom stereocenters. The Kier molecular flexibility index (Phi) is 3.19. The van der Waals surface area contributed by atoms with Crippen LogP contribution < -0.4 is 4.90 Å². The number of aldehydes is 1. The van der Waals surface area contributed by atoms with E-state index in [9.17, 15) is 9.18 Å². The average molecular weight is 229 g/mol. The predicted molar refractivity (Wildman–Crippen MR) is 66.3 cm³/mol. The highest BCUT2D eigenvalue weighted by molar-refractivity contribution is 5.76. The minimum Gasteiger partial charge on any atom is -0.342 e. The van der Waals surface area contributed by atoms with E-state index in [0.717, 1.165) is 12.0 Å². The molecule has 3 heteroatoms. The van der Waals surface area contributed by atoms with Crippen LogP contribution in [-0.2, 0) is 0 Å². The van der Waals surface area contributed by atoms with E-state index in [1.165, 1.54) is 6.07 Å². The summed E-state index contributed by atoms with van der Waals surface area (Å²) in [6, 6.07) is 13.6. The van der Waals surface area contributed by atoms with Gasteiger partial charge in [-0.2, -0.15) is 0 Å². The Morgan fingerprint density at radius 3 is 2.29 bits per heavy atom. The molecule has 0 radical (unpaired) electrons. The maximum absolute atomic E-state index is 13.6. The van der Waals surface area contributed by atoms with E-state index in [1.54, 1.807) is 54.4 Å². The molecule has 2 nitrogen and oxygen atoms in total. The standard InChI is InChI=1S/C14H12FNO/c1-16(14-5-3-2-4-13(14)15)12-8-6-11(10-17)7-9-12/h2-10H,1H3. The maximum atomic E-state index is 13.6. The summed E-state index contributed by atoms with van der Waals surface area (Å²) in [5.41, 5.74) is 1.95. The molecule has 0 aliphatic rings. The molecule has 0 aliphatic carbocycles. The zero-order chi connectivity index (χ0) is 12.3. The lowest BCUT2D eigenvalue weighted by Gasteiger charge is -2.20. The number of nitrogens with zero attached hydrogens (tertiary/aromatic N) is 1. The molecule has 0 bridgehead atoms. The fourth-order valence-corrected chi connectivity index (χ4v) is 1.64. The second-order valence-corrected chi connectivity index (χ2v) is 3.72. The molecule has 0 amide bonds. The number of hydrogen-bond acceptors (Lipinski definition) is 2. The van der Waals surface area contributed by atoms with Crippen molar-refractivity contribution in [3.63, 3.8) is 0 Å². The van der Waals surface area contributed by atoms with Gasteiger partial charge in [0, 0.05) is 18.3 Å². The Hall–Kier alpha value is -2.16. The molecule has 0 fully saturated rings. The molecule has 86 valence electrons. The van der Waals surface area contributed by atoms with Crippen molar-refractivity contribution in [1.29, 1.82) is 0 Å². The van der Waals surface area contributed by atoms with E-state index in [2.05, 4.69) is 0 Å². The van der Waals surface area contributed by atoms with Crippen LogP contribution in [0.3, 0.4) is 0 Å². The third kappa shape index (κ3) is 2.33. The molecule has 0 spiro atoms. The van der Waals surface area contributed by atoms with Gasteiger partial charge in [0.05, 0.1) is 5.69 Å². The highest BCUT2D eigenvalue weighted by atomic mass is 19.1. The number of carbonyl (C=O) groups excluding carboxylic acids is 1. The fourth-order valence-electron chi connectivity index (χ4n) is 1.64. The van der Waals surface area contributed by atoms with E-state index in [0.29, 0.717) is 11.3 Å². The predicted octanol–water partition coefficient (Wildman–Crippen LogP) is 3.41. The summed E-state index contributed by atoms with van der Waals surface area (Å²) in [4.78, 5) is 12.3. The Labute approximate surface area is 99.3 Å². The van der Waals surface area contributed by atoms with E-state index in [1.807, 2.05) is 0 Å². The summed E-state index contributed by atoms with van der Waals surface area (Å²) >= 11 is 0. The van der Waals surface area contributed by atoms with Gasteiger partial charge in [0.25, 0.3) is 0 Å². The monoisotopic (exact) mass is 229 g/mol. The zero-order valence-corrected chi connectivity index (χ0v) is 9.43. The molecule has 2 aromatic rings. The Morgan fingerprint density at radius 2 is 1.71 bits per heavy atom. The minimum atomic E-state index is -0.269. The molecule has 2 aromatic carbocycles. The van der Waals surface area contributed by atoms with Crippen molar-refractivity contribution in [3.05, 3.63) is 59.9 Å². The van der Waals surface area contributed by atoms with Gasteiger partial charge >= 0.3 is 0 Å². The van der Waals surface area contributed by atoms with Gasteiger partial charge in [-0.3, -0.25) is 4.79 Å². The topological polar surface area (TPSA) is 20.3 Å². The molecule has 0 atom stereocenters. The summed E-state index contributed by atoms with van der Waals surface area (Å²) < 4.78 is 13.6. The molecular formula is C14H12FNO. The number of halogens is 1. The largest absolute Gasteiger partial charge is 0.342 e. The number of carbonyl (C=O) groups is 1. The van der Waals surface area contributed by atoms with Crippen molar-refractivity contribution < 1.29 is 9.18 Å². The number of benzene rings is 2. The van der Waals surface area contributed by atoms with Crippen LogP contribution in [0, 0.1) is 5.82 Å². The molecule has 0 saturated carbocycles. The van der Waals surface area contributed by atoms with Gasteiger partial charge in [0.2, 0.25) is 0 Å². The van der Waals surface area contributed by atoms with E-state index < -0.39 is 0 Å². The van der Waals surface area contributed by atoms with Crippen LogP contribution in [0.4, 0.5) is 15.8 Å². The molecule has 0 aromatic heterocycles. The van der Waals surface area contributed by atoms with Gasteiger partial charge in [-0.15, -0.1) is 0 Å². The molecule has 2 rings (SSSR count). The van der Waals surface area contributed by atoms with Gasteiger partial charge in [-0.1, -0.05) is 12.1 Å². The van der Waals surface area contributed by atoms with Gasteiger partial charge in [0.15, 0.2) is 0 Å². The second kappa shape index (κ2) is 4.78. The SMILES string of the molecule is CN(c1ccc(C=O)cc1)c1ccccc1F. The van der Waals surface area contributed by atoms with Crippen LogP contribution >= 0.6 is 0 Å². The molecular weight excluding hydrogens is 217 g/mol. The van der Waals surface area contributed by atoms with E-state index in [-0.39, 0.29) is 5.82 Å². The number of rotatable bonds is 3. The van der Waals surface area contributed by atoms with Crippen molar-refractivity contribution >= 4 is 17.7 Å². The lowest BCUT2D eigenvalue weighted by Crippen LogP contribution is -2.10. The first-order chi connectivity index (χ1) is 8.22. The highest BCUT2D eigenvalue weighted by Gasteiger charge is 2.08. The van der Waals surface area contributed by atoms with Crippen LogP contribution in [-0.4, -0.2) is 13.3 Å². The molecule has 0 aliphatic heterocycles. The highest BCUT2D eigenvalue weighted by Crippen LogP contribution is 2.25. The van der Waals surface area contributed by atoms with Crippen molar-refractivity contribution in [1.82, 2.24) is 0 Å². The van der Waals surface area contributed by atoms with Crippen molar-refractivity contribution in [2.45, 2.75) is 0 Å². The first-order valence-corrected chi connectivity index (χ1v) is 5.26. The summed E-state index contributed by atoms with van der Waals surface area (Å²) in [7, 11) is 1.79.